The summed E-state index contributed by atoms with van der Waals surface area (Å²) < 4.78 is 43.6. The van der Waals surface area contributed by atoms with Gasteiger partial charge in [-0.15, -0.1) is 0 Å². The molecule has 0 spiro atoms. The summed E-state index contributed by atoms with van der Waals surface area (Å²) in [7, 11) is 0. The van der Waals surface area contributed by atoms with Gasteiger partial charge >= 0.3 is 6.18 Å². The van der Waals surface area contributed by atoms with Crippen molar-refractivity contribution >= 4 is 0 Å². The Balaban J connectivity index is 5.13. The first-order valence-corrected chi connectivity index (χ1v) is 13.2. The first-order valence-electron chi connectivity index (χ1n) is 13.2. The van der Waals surface area contributed by atoms with E-state index in [2.05, 4.69) is 27.7 Å². The van der Waals surface area contributed by atoms with Gasteiger partial charge in [0.2, 0.25) is 0 Å². The number of halogens is 3. The van der Waals surface area contributed by atoms with Crippen LogP contribution in [0.2, 0.25) is 0 Å². The predicted molar refractivity (Wildman–Crippen MR) is 127 cm³/mol. The Morgan fingerprint density at radius 3 is 1.47 bits per heavy atom. The fourth-order valence-electron chi connectivity index (χ4n) is 5.17. The van der Waals surface area contributed by atoms with Gasteiger partial charge in [0.05, 0.1) is 5.41 Å². The van der Waals surface area contributed by atoms with Crippen LogP contribution in [0.25, 0.3) is 0 Å². The minimum atomic E-state index is -4.14. The number of alkyl halides is 3. The molecule has 0 aliphatic carbocycles. The van der Waals surface area contributed by atoms with Crippen molar-refractivity contribution in [3.8, 4) is 0 Å². The zero-order valence-electron chi connectivity index (χ0n) is 21.2. The van der Waals surface area contributed by atoms with Gasteiger partial charge in [0.25, 0.3) is 0 Å². The normalized spacial score (nSPS) is 17.5. The lowest BCUT2D eigenvalue weighted by atomic mass is 9.54. The molecule has 0 amide bonds. The zero-order chi connectivity index (χ0) is 23.1. The maximum absolute atomic E-state index is 14.5. The molecule has 3 atom stereocenters. The van der Waals surface area contributed by atoms with Gasteiger partial charge in [-0.25, -0.2) is 0 Å². The van der Waals surface area contributed by atoms with E-state index in [9.17, 15) is 13.2 Å². The molecule has 30 heavy (non-hydrogen) atoms. The lowest BCUT2D eigenvalue weighted by Crippen LogP contribution is -2.52. The van der Waals surface area contributed by atoms with E-state index < -0.39 is 17.0 Å². The van der Waals surface area contributed by atoms with Crippen LogP contribution in [-0.4, -0.2) is 6.18 Å². The number of unbranched alkanes of at least 4 members (excludes halogenated alkanes) is 11. The molecule has 0 bridgehead atoms. The Hall–Kier alpha value is -0.210. The zero-order valence-corrected chi connectivity index (χ0v) is 21.2. The number of hydrogen-bond donors (Lipinski definition) is 0. The first-order chi connectivity index (χ1) is 14.1. The average Bonchev–Trinajstić information content (AvgIpc) is 2.70. The molecule has 0 aliphatic heterocycles. The van der Waals surface area contributed by atoms with Gasteiger partial charge in [-0.2, -0.15) is 13.2 Å². The van der Waals surface area contributed by atoms with E-state index in [1.54, 1.807) is 6.92 Å². The van der Waals surface area contributed by atoms with Crippen LogP contribution >= 0.6 is 0 Å². The van der Waals surface area contributed by atoms with Gasteiger partial charge in [-0.05, 0) is 24.2 Å². The Morgan fingerprint density at radius 1 is 0.567 bits per heavy atom. The van der Waals surface area contributed by atoms with E-state index in [0.717, 1.165) is 44.9 Å². The van der Waals surface area contributed by atoms with Crippen molar-refractivity contribution in [3.05, 3.63) is 0 Å². The second-order valence-electron chi connectivity index (χ2n) is 10.3. The summed E-state index contributed by atoms with van der Waals surface area (Å²) in [6, 6.07) is 0. The molecular formula is C27H53F3. The second-order valence-corrected chi connectivity index (χ2v) is 10.3. The van der Waals surface area contributed by atoms with Gasteiger partial charge in [0, 0.05) is 0 Å². The first kappa shape index (κ1) is 29.8. The molecule has 0 nitrogen and oxygen atoms in total. The summed E-state index contributed by atoms with van der Waals surface area (Å²) in [5.41, 5.74) is -2.28. The van der Waals surface area contributed by atoms with Crippen LogP contribution < -0.4 is 0 Å². The molecule has 0 aromatic rings. The third kappa shape index (κ3) is 9.51. The molecule has 0 N–H and O–H groups in total. The van der Waals surface area contributed by atoms with Crippen molar-refractivity contribution in [1.82, 2.24) is 0 Å². The van der Waals surface area contributed by atoms with Crippen molar-refractivity contribution in [3.63, 3.8) is 0 Å². The summed E-state index contributed by atoms with van der Waals surface area (Å²) in [4.78, 5) is 0. The Labute approximate surface area is 187 Å². The third-order valence-electron chi connectivity index (χ3n) is 8.04. The summed E-state index contributed by atoms with van der Waals surface area (Å²) in [5, 5.41) is 0. The molecule has 3 heteroatoms. The smallest absolute Gasteiger partial charge is 0.170 e. The molecule has 3 unspecified atom stereocenters. The summed E-state index contributed by atoms with van der Waals surface area (Å²) >= 11 is 0. The van der Waals surface area contributed by atoms with Gasteiger partial charge in [-0.1, -0.05) is 138 Å². The summed E-state index contributed by atoms with van der Waals surface area (Å²) in [6.45, 7) is 12.1. The van der Waals surface area contributed by atoms with Crippen LogP contribution in [0, 0.1) is 16.7 Å². The number of hydrogen-bond acceptors (Lipinski definition) is 0. The lowest BCUT2D eigenvalue weighted by Gasteiger charge is -2.52. The summed E-state index contributed by atoms with van der Waals surface area (Å²) in [6.07, 6.45) is 13.0. The van der Waals surface area contributed by atoms with E-state index in [1.807, 2.05) is 6.92 Å². The van der Waals surface area contributed by atoms with Crippen LogP contribution in [0.5, 0.6) is 0 Å². The second kappa shape index (κ2) is 15.6. The number of rotatable bonds is 19. The highest BCUT2D eigenvalue weighted by Crippen LogP contribution is 2.60. The molecular weight excluding hydrogens is 381 g/mol. The van der Waals surface area contributed by atoms with Crippen molar-refractivity contribution in [2.75, 3.05) is 0 Å². The summed E-state index contributed by atoms with van der Waals surface area (Å²) in [5.74, 6) is 0.0987. The highest BCUT2D eigenvalue weighted by molar-refractivity contribution is 4.99. The Kier molecular flexibility index (Phi) is 15.5. The van der Waals surface area contributed by atoms with Crippen LogP contribution in [0.15, 0.2) is 0 Å². The van der Waals surface area contributed by atoms with E-state index in [-0.39, 0.29) is 12.3 Å². The molecule has 0 fully saturated rings. The van der Waals surface area contributed by atoms with E-state index >= 15 is 0 Å². The topological polar surface area (TPSA) is 0 Å². The minimum absolute atomic E-state index is 0.0987. The average molecular weight is 435 g/mol. The van der Waals surface area contributed by atoms with E-state index in [0.29, 0.717) is 12.8 Å². The fraction of sp³-hybridized carbons (Fsp3) is 1.00. The van der Waals surface area contributed by atoms with E-state index in [4.69, 9.17) is 0 Å². The molecule has 0 radical (unpaired) electrons. The van der Waals surface area contributed by atoms with Crippen molar-refractivity contribution in [1.29, 1.82) is 0 Å². The van der Waals surface area contributed by atoms with Crippen molar-refractivity contribution in [2.24, 2.45) is 16.7 Å². The molecule has 0 rings (SSSR count). The van der Waals surface area contributed by atoms with Crippen molar-refractivity contribution in [2.45, 2.75) is 157 Å². The third-order valence-corrected chi connectivity index (χ3v) is 8.04. The lowest BCUT2D eigenvalue weighted by molar-refractivity contribution is -0.271. The largest absolute Gasteiger partial charge is 0.394 e. The van der Waals surface area contributed by atoms with Gasteiger partial charge in [0.15, 0.2) is 0 Å². The van der Waals surface area contributed by atoms with Gasteiger partial charge < -0.3 is 0 Å². The molecule has 182 valence electrons. The molecule has 0 saturated carbocycles. The highest BCUT2D eigenvalue weighted by atomic mass is 19.4. The molecule has 0 aromatic carbocycles. The Morgan fingerprint density at radius 2 is 1.00 bits per heavy atom. The highest BCUT2D eigenvalue weighted by Gasteiger charge is 2.61. The van der Waals surface area contributed by atoms with Gasteiger partial charge in [0.1, 0.15) is 0 Å². The van der Waals surface area contributed by atoms with Crippen LogP contribution in [0.4, 0.5) is 13.2 Å². The van der Waals surface area contributed by atoms with Gasteiger partial charge in [-0.3, -0.25) is 0 Å². The maximum Gasteiger partial charge on any atom is 0.394 e. The predicted octanol–water partition coefficient (Wildman–Crippen LogP) is 10.9. The van der Waals surface area contributed by atoms with Crippen LogP contribution in [0.1, 0.15) is 151 Å². The van der Waals surface area contributed by atoms with E-state index in [1.165, 1.54) is 44.9 Å². The van der Waals surface area contributed by atoms with Crippen LogP contribution in [0.3, 0.4) is 0 Å². The van der Waals surface area contributed by atoms with Crippen LogP contribution in [-0.2, 0) is 0 Å². The Bertz CT molecular complexity index is 403. The maximum atomic E-state index is 14.5. The standard InChI is InChI=1S/C27H53F3/c1-7-10-13-15-16-17-18-20-23-26(6,27(28,29)30)25(5,22-12-9-3)24(4)21-19-14-11-8-2/h24H,7-23H2,1-6H3. The molecule has 0 aromatic heterocycles. The fourth-order valence-corrected chi connectivity index (χ4v) is 5.17. The minimum Gasteiger partial charge on any atom is -0.170 e. The SMILES string of the molecule is CCCCCCCCCCC(C)(C(F)(F)F)C(C)(CCCC)C(C)CCCCCC. The monoisotopic (exact) mass is 434 g/mol. The molecule has 0 heterocycles. The quantitative estimate of drug-likeness (QED) is 0.177. The molecule has 0 aliphatic rings. The van der Waals surface area contributed by atoms with Crippen molar-refractivity contribution < 1.29 is 13.2 Å². The molecule has 0 saturated heterocycles.